The molecular formula is C23H26FN5O. The van der Waals surface area contributed by atoms with Crippen molar-refractivity contribution in [1.82, 2.24) is 19.9 Å². The summed E-state index contributed by atoms with van der Waals surface area (Å²) in [5.41, 5.74) is 2.92. The topological polar surface area (TPSA) is 83.6 Å². The van der Waals surface area contributed by atoms with Crippen LogP contribution in [-0.4, -0.2) is 25.8 Å². The van der Waals surface area contributed by atoms with Gasteiger partial charge in [0.2, 0.25) is 5.91 Å². The summed E-state index contributed by atoms with van der Waals surface area (Å²) < 4.78 is 14.2. The number of hydrogen-bond donors (Lipinski definition) is 2. The van der Waals surface area contributed by atoms with Crippen LogP contribution in [0.25, 0.3) is 11.2 Å². The molecule has 6 nitrogen and oxygen atoms in total. The first-order chi connectivity index (χ1) is 14.7. The van der Waals surface area contributed by atoms with Crippen LogP contribution in [0.4, 0.5) is 10.2 Å². The molecule has 2 heterocycles. The maximum absolute atomic E-state index is 14.2. The first-order valence-corrected chi connectivity index (χ1v) is 11.0. The molecule has 156 valence electrons. The molecule has 0 saturated heterocycles. The van der Waals surface area contributed by atoms with E-state index in [2.05, 4.69) is 25.3 Å². The molecule has 30 heavy (non-hydrogen) atoms. The van der Waals surface area contributed by atoms with E-state index < -0.39 is 0 Å². The molecule has 0 spiro atoms. The predicted octanol–water partition coefficient (Wildman–Crippen LogP) is 4.99. The summed E-state index contributed by atoms with van der Waals surface area (Å²) in [6, 6.07) is 5.03. The Kier molecular flexibility index (Phi) is 5.19. The fourth-order valence-electron chi connectivity index (χ4n) is 4.97. The Morgan fingerprint density at radius 3 is 2.53 bits per heavy atom. The summed E-state index contributed by atoms with van der Waals surface area (Å²) in [5, 5.41) is 2.86. The predicted molar refractivity (Wildman–Crippen MR) is 113 cm³/mol. The van der Waals surface area contributed by atoms with Gasteiger partial charge in [0, 0.05) is 5.92 Å². The molecule has 2 aromatic heterocycles. The Morgan fingerprint density at radius 2 is 1.77 bits per heavy atom. The highest BCUT2D eigenvalue weighted by Crippen LogP contribution is 2.35. The third kappa shape index (κ3) is 3.93. The third-order valence-electron chi connectivity index (χ3n) is 6.48. The number of carbonyl (C=O) groups is 1. The molecule has 1 amide bonds. The van der Waals surface area contributed by atoms with Gasteiger partial charge in [0.05, 0.1) is 6.42 Å². The molecule has 0 radical (unpaired) electrons. The number of fused-ring (bicyclic) bond motifs is 1. The molecule has 3 aromatic rings. The minimum absolute atomic E-state index is 0.104. The minimum Gasteiger partial charge on any atom is -0.337 e. The van der Waals surface area contributed by atoms with Gasteiger partial charge in [0.15, 0.2) is 11.5 Å². The Bertz CT molecular complexity index is 1070. The number of aromatic nitrogens is 4. The van der Waals surface area contributed by atoms with Gasteiger partial charge >= 0.3 is 0 Å². The largest absolute Gasteiger partial charge is 0.337 e. The number of rotatable bonds is 5. The van der Waals surface area contributed by atoms with Crippen LogP contribution in [0.2, 0.25) is 0 Å². The number of hydrogen-bond acceptors (Lipinski definition) is 4. The number of imidazole rings is 1. The lowest BCUT2D eigenvalue weighted by Crippen LogP contribution is -2.16. The number of nitrogens with zero attached hydrogens (tertiary/aromatic N) is 3. The SMILES string of the molecule is O=C(Cc1cc(F)cc(C2CCCC2)c1)Nc1ncnc2nc(C3CCCC3)[nH]c12. The van der Waals surface area contributed by atoms with Crippen LogP contribution in [0.5, 0.6) is 0 Å². The van der Waals surface area contributed by atoms with Crippen molar-refractivity contribution in [3.63, 3.8) is 0 Å². The zero-order valence-corrected chi connectivity index (χ0v) is 17.0. The number of H-pyrrole nitrogens is 1. The van der Waals surface area contributed by atoms with E-state index in [9.17, 15) is 9.18 Å². The van der Waals surface area contributed by atoms with E-state index in [4.69, 9.17) is 0 Å². The van der Waals surface area contributed by atoms with Gasteiger partial charge in [-0.25, -0.2) is 19.3 Å². The van der Waals surface area contributed by atoms with Gasteiger partial charge in [0.25, 0.3) is 0 Å². The highest BCUT2D eigenvalue weighted by Gasteiger charge is 2.22. The Labute approximate surface area is 174 Å². The third-order valence-corrected chi connectivity index (χ3v) is 6.48. The van der Waals surface area contributed by atoms with Gasteiger partial charge in [-0.2, -0.15) is 0 Å². The molecule has 0 atom stereocenters. The van der Waals surface area contributed by atoms with E-state index in [1.54, 1.807) is 6.07 Å². The van der Waals surface area contributed by atoms with Crippen molar-refractivity contribution in [2.24, 2.45) is 0 Å². The van der Waals surface area contributed by atoms with Crippen molar-refractivity contribution in [3.8, 4) is 0 Å². The van der Waals surface area contributed by atoms with Crippen molar-refractivity contribution < 1.29 is 9.18 Å². The molecule has 0 aliphatic heterocycles. The first kappa shape index (κ1) is 19.2. The molecule has 2 saturated carbocycles. The number of amides is 1. The summed E-state index contributed by atoms with van der Waals surface area (Å²) in [6.45, 7) is 0. The average Bonchev–Trinajstić information content (AvgIpc) is 3.47. The normalized spacial score (nSPS) is 17.8. The van der Waals surface area contributed by atoms with Crippen LogP contribution >= 0.6 is 0 Å². The Morgan fingerprint density at radius 1 is 1.03 bits per heavy atom. The minimum atomic E-state index is -0.276. The Hall–Kier alpha value is -2.83. The lowest BCUT2D eigenvalue weighted by atomic mass is 9.95. The van der Waals surface area contributed by atoms with Gasteiger partial charge in [-0.05, 0) is 54.9 Å². The van der Waals surface area contributed by atoms with E-state index >= 15 is 0 Å². The highest BCUT2D eigenvalue weighted by molar-refractivity contribution is 5.97. The number of aromatic amines is 1. The van der Waals surface area contributed by atoms with Crippen LogP contribution in [0, 0.1) is 5.82 Å². The van der Waals surface area contributed by atoms with Gasteiger partial charge < -0.3 is 10.3 Å². The fraction of sp³-hybridized carbons (Fsp3) is 0.478. The Balaban J connectivity index is 1.33. The summed E-state index contributed by atoms with van der Waals surface area (Å²) in [5.74, 6) is 1.67. The lowest BCUT2D eigenvalue weighted by molar-refractivity contribution is -0.115. The van der Waals surface area contributed by atoms with Gasteiger partial charge in [-0.3, -0.25) is 4.79 Å². The molecule has 5 rings (SSSR count). The average molecular weight is 407 g/mol. The molecule has 2 N–H and O–H groups in total. The standard InChI is InChI=1S/C23H26FN5O/c24-18-10-14(9-17(12-18)15-5-1-2-6-15)11-19(30)27-22-20-23(26-13-25-22)29-21(28-20)16-7-3-4-8-16/h9-10,12-13,15-16H,1-8,11H2,(H2,25,26,27,28,29,30). The summed E-state index contributed by atoms with van der Waals surface area (Å²) in [6.07, 6.45) is 10.8. The molecule has 0 unspecified atom stereocenters. The van der Waals surface area contributed by atoms with Gasteiger partial charge in [-0.15, -0.1) is 0 Å². The second-order valence-electron chi connectivity index (χ2n) is 8.62. The number of halogens is 1. The maximum Gasteiger partial charge on any atom is 0.230 e. The van der Waals surface area contributed by atoms with E-state index in [0.717, 1.165) is 37.1 Å². The zero-order valence-electron chi connectivity index (χ0n) is 17.0. The summed E-state index contributed by atoms with van der Waals surface area (Å²) in [4.78, 5) is 29.1. The fourth-order valence-corrected chi connectivity index (χ4v) is 4.97. The molecule has 2 aliphatic rings. The summed E-state index contributed by atoms with van der Waals surface area (Å²) >= 11 is 0. The molecule has 2 aliphatic carbocycles. The molecule has 0 bridgehead atoms. The second-order valence-corrected chi connectivity index (χ2v) is 8.62. The van der Waals surface area contributed by atoms with Crippen LogP contribution in [-0.2, 0) is 11.2 Å². The second kappa shape index (κ2) is 8.13. The van der Waals surface area contributed by atoms with Crippen molar-refractivity contribution in [1.29, 1.82) is 0 Å². The lowest BCUT2D eigenvalue weighted by Gasteiger charge is -2.12. The monoisotopic (exact) mass is 407 g/mol. The van der Waals surface area contributed by atoms with Crippen molar-refractivity contribution >= 4 is 22.9 Å². The van der Waals surface area contributed by atoms with E-state index in [-0.39, 0.29) is 18.1 Å². The van der Waals surface area contributed by atoms with Crippen molar-refractivity contribution in [2.45, 2.75) is 69.6 Å². The quantitative estimate of drug-likeness (QED) is 0.624. The highest BCUT2D eigenvalue weighted by atomic mass is 19.1. The number of carbonyl (C=O) groups excluding carboxylic acids is 1. The van der Waals surface area contributed by atoms with E-state index in [1.807, 2.05) is 6.07 Å². The van der Waals surface area contributed by atoms with Gasteiger partial charge in [0.1, 0.15) is 23.5 Å². The van der Waals surface area contributed by atoms with Crippen molar-refractivity contribution in [3.05, 3.63) is 47.3 Å². The maximum atomic E-state index is 14.2. The molecule has 7 heteroatoms. The zero-order chi connectivity index (χ0) is 20.5. The molecular weight excluding hydrogens is 381 g/mol. The molecule has 2 fully saturated rings. The van der Waals surface area contributed by atoms with E-state index in [0.29, 0.717) is 34.4 Å². The summed E-state index contributed by atoms with van der Waals surface area (Å²) in [7, 11) is 0. The van der Waals surface area contributed by atoms with Crippen molar-refractivity contribution in [2.75, 3.05) is 5.32 Å². The first-order valence-electron chi connectivity index (χ1n) is 11.0. The number of nitrogens with one attached hydrogen (secondary N) is 2. The van der Waals surface area contributed by atoms with Gasteiger partial charge in [-0.1, -0.05) is 31.7 Å². The van der Waals surface area contributed by atoms with Crippen LogP contribution in [0.1, 0.15) is 80.2 Å². The van der Waals surface area contributed by atoms with E-state index in [1.165, 1.54) is 38.1 Å². The number of benzene rings is 1. The van der Waals surface area contributed by atoms with Crippen LogP contribution < -0.4 is 5.32 Å². The van der Waals surface area contributed by atoms with Crippen LogP contribution in [0.15, 0.2) is 24.5 Å². The van der Waals surface area contributed by atoms with Crippen LogP contribution in [0.3, 0.4) is 0 Å². The molecule has 1 aromatic carbocycles. The smallest absolute Gasteiger partial charge is 0.230 e. The number of anilines is 1.